The van der Waals surface area contributed by atoms with Crippen molar-refractivity contribution < 1.29 is 4.79 Å². The maximum atomic E-state index is 12.4. The Morgan fingerprint density at radius 3 is 2.70 bits per heavy atom. The van der Waals surface area contributed by atoms with E-state index in [0.717, 1.165) is 23.4 Å². The maximum absolute atomic E-state index is 12.4. The molecule has 1 aromatic heterocycles. The fourth-order valence-corrected chi connectivity index (χ4v) is 3.90. The van der Waals surface area contributed by atoms with Crippen LogP contribution in [0, 0.1) is 0 Å². The van der Waals surface area contributed by atoms with Crippen molar-refractivity contribution >= 4 is 23.4 Å². The third-order valence-electron chi connectivity index (χ3n) is 3.90. The zero-order valence-corrected chi connectivity index (χ0v) is 13.1. The fourth-order valence-electron chi connectivity index (χ4n) is 2.70. The van der Waals surface area contributed by atoms with Gasteiger partial charge in [0.25, 0.3) is 0 Å². The van der Waals surface area contributed by atoms with E-state index >= 15 is 0 Å². The first-order valence-electron chi connectivity index (χ1n) is 7.45. The van der Waals surface area contributed by atoms with Crippen molar-refractivity contribution in [1.82, 2.24) is 10.2 Å². The summed E-state index contributed by atoms with van der Waals surface area (Å²) in [6, 6.07) is 17.9. The van der Waals surface area contributed by atoms with Crippen molar-refractivity contribution in [1.29, 1.82) is 0 Å². The summed E-state index contributed by atoms with van der Waals surface area (Å²) in [7, 11) is 0. The summed E-state index contributed by atoms with van der Waals surface area (Å²) in [5.74, 6) is 0.0560. The third kappa shape index (κ3) is 2.87. The first-order valence-corrected chi connectivity index (χ1v) is 8.33. The molecule has 1 aliphatic heterocycles. The summed E-state index contributed by atoms with van der Waals surface area (Å²) in [5, 5.41) is 9.82. The van der Waals surface area contributed by atoms with Gasteiger partial charge in [-0.1, -0.05) is 30.3 Å². The van der Waals surface area contributed by atoms with Gasteiger partial charge in [-0.15, -0.1) is 11.8 Å². The summed E-state index contributed by atoms with van der Waals surface area (Å²) < 4.78 is 0. The van der Waals surface area contributed by atoms with Gasteiger partial charge in [-0.2, -0.15) is 5.10 Å². The second-order valence-corrected chi connectivity index (χ2v) is 6.70. The molecule has 23 heavy (non-hydrogen) atoms. The molecule has 1 amide bonds. The monoisotopic (exact) mass is 321 g/mol. The average molecular weight is 321 g/mol. The van der Waals surface area contributed by atoms with Gasteiger partial charge in [0, 0.05) is 16.8 Å². The van der Waals surface area contributed by atoms with Gasteiger partial charge in [-0.05, 0) is 41.8 Å². The SMILES string of the molecule is O=C(Nc1ccc(-c2ccn[nH]2)cc1)C1Cc2ccccc2S1. The molecule has 0 aliphatic carbocycles. The van der Waals surface area contributed by atoms with Crippen LogP contribution in [0.15, 0.2) is 65.7 Å². The van der Waals surface area contributed by atoms with Crippen molar-refractivity contribution in [3.8, 4) is 11.3 Å². The number of benzene rings is 2. The van der Waals surface area contributed by atoms with Gasteiger partial charge in [-0.3, -0.25) is 9.89 Å². The Kier molecular flexibility index (Phi) is 3.63. The summed E-state index contributed by atoms with van der Waals surface area (Å²) in [6.07, 6.45) is 2.51. The van der Waals surface area contributed by atoms with Crippen LogP contribution in [0.1, 0.15) is 5.56 Å². The number of rotatable bonds is 3. The quantitative estimate of drug-likeness (QED) is 0.773. The molecule has 1 aliphatic rings. The number of thioether (sulfide) groups is 1. The number of carbonyl (C=O) groups is 1. The van der Waals surface area contributed by atoms with Gasteiger partial charge < -0.3 is 5.32 Å². The Balaban J connectivity index is 1.44. The van der Waals surface area contributed by atoms with Crippen LogP contribution in [0.5, 0.6) is 0 Å². The number of H-pyrrole nitrogens is 1. The third-order valence-corrected chi connectivity index (χ3v) is 5.22. The van der Waals surface area contributed by atoms with Crippen LogP contribution in [0.2, 0.25) is 0 Å². The largest absolute Gasteiger partial charge is 0.325 e. The predicted octanol–water partition coefficient (Wildman–Crippen LogP) is 3.73. The molecule has 1 unspecified atom stereocenters. The minimum atomic E-state index is -0.0558. The molecule has 4 nitrogen and oxygen atoms in total. The van der Waals surface area contributed by atoms with E-state index in [4.69, 9.17) is 0 Å². The second-order valence-electron chi connectivity index (χ2n) is 5.46. The molecule has 2 N–H and O–H groups in total. The second kappa shape index (κ2) is 5.93. The molecule has 4 rings (SSSR count). The summed E-state index contributed by atoms with van der Waals surface area (Å²) in [5.41, 5.74) is 4.08. The number of aromatic nitrogens is 2. The lowest BCUT2D eigenvalue weighted by Crippen LogP contribution is -2.24. The van der Waals surface area contributed by atoms with E-state index in [1.807, 2.05) is 42.5 Å². The van der Waals surface area contributed by atoms with Crippen molar-refractivity contribution in [3.05, 3.63) is 66.4 Å². The topological polar surface area (TPSA) is 57.8 Å². The van der Waals surface area contributed by atoms with Crippen molar-refractivity contribution in [2.45, 2.75) is 16.6 Å². The van der Waals surface area contributed by atoms with Crippen molar-refractivity contribution in [2.24, 2.45) is 0 Å². The van der Waals surface area contributed by atoms with Crippen LogP contribution < -0.4 is 5.32 Å². The van der Waals surface area contributed by atoms with Gasteiger partial charge in [0.05, 0.1) is 10.9 Å². The normalized spacial score (nSPS) is 16.1. The minimum absolute atomic E-state index is 0.0558. The van der Waals surface area contributed by atoms with Crippen molar-refractivity contribution in [2.75, 3.05) is 5.32 Å². The molecular formula is C18H15N3OS. The summed E-state index contributed by atoms with van der Waals surface area (Å²) in [4.78, 5) is 13.7. The number of nitrogens with one attached hydrogen (secondary N) is 2. The van der Waals surface area contributed by atoms with Gasteiger partial charge in [0.1, 0.15) is 0 Å². The molecule has 5 heteroatoms. The van der Waals surface area contributed by atoms with E-state index in [2.05, 4.69) is 27.6 Å². The van der Waals surface area contributed by atoms with Crippen LogP contribution >= 0.6 is 11.8 Å². The smallest absolute Gasteiger partial charge is 0.238 e. The number of hydrogen-bond donors (Lipinski definition) is 2. The molecule has 0 bridgehead atoms. The lowest BCUT2D eigenvalue weighted by Gasteiger charge is -2.10. The number of aromatic amines is 1. The number of amides is 1. The van der Waals surface area contributed by atoms with E-state index < -0.39 is 0 Å². The molecule has 0 saturated carbocycles. The average Bonchev–Trinajstić information content (AvgIpc) is 3.25. The Bertz CT molecular complexity index is 803. The number of nitrogens with zero attached hydrogens (tertiary/aromatic N) is 1. The fraction of sp³-hybridized carbons (Fsp3) is 0.111. The van der Waals surface area contributed by atoms with Gasteiger partial charge in [0.15, 0.2) is 0 Å². The van der Waals surface area contributed by atoms with Crippen LogP contribution in [0.3, 0.4) is 0 Å². The lowest BCUT2D eigenvalue weighted by atomic mass is 10.1. The Labute approximate surface area is 138 Å². The van der Waals surface area contributed by atoms with Crippen LogP contribution in [-0.2, 0) is 11.2 Å². The zero-order chi connectivity index (χ0) is 15.6. The Morgan fingerprint density at radius 2 is 1.96 bits per heavy atom. The first-order chi connectivity index (χ1) is 11.3. The van der Waals surface area contributed by atoms with Crippen LogP contribution in [0.25, 0.3) is 11.3 Å². The minimum Gasteiger partial charge on any atom is -0.325 e. The molecule has 0 spiro atoms. The number of anilines is 1. The van der Waals surface area contributed by atoms with Gasteiger partial charge in [-0.25, -0.2) is 0 Å². The molecule has 2 aromatic carbocycles. The summed E-state index contributed by atoms with van der Waals surface area (Å²) in [6.45, 7) is 0. The first kappa shape index (κ1) is 14.1. The molecule has 2 heterocycles. The molecule has 114 valence electrons. The standard InChI is InChI=1S/C18H15N3OS/c22-18(17-11-13-3-1-2-4-16(13)23-17)20-14-7-5-12(6-8-14)15-9-10-19-21-15/h1-10,17H,11H2,(H,19,21)(H,20,22). The predicted molar refractivity (Wildman–Crippen MR) is 92.4 cm³/mol. The van der Waals surface area contributed by atoms with Crippen molar-refractivity contribution in [3.63, 3.8) is 0 Å². The van der Waals surface area contributed by atoms with Gasteiger partial charge >= 0.3 is 0 Å². The lowest BCUT2D eigenvalue weighted by molar-refractivity contribution is -0.115. The van der Waals surface area contributed by atoms with Crippen LogP contribution in [-0.4, -0.2) is 21.4 Å². The molecular weight excluding hydrogens is 306 g/mol. The maximum Gasteiger partial charge on any atom is 0.238 e. The molecule has 3 aromatic rings. The van der Waals surface area contributed by atoms with E-state index in [1.54, 1.807) is 18.0 Å². The Morgan fingerprint density at radius 1 is 1.13 bits per heavy atom. The number of fused-ring (bicyclic) bond motifs is 1. The number of carbonyl (C=O) groups excluding carboxylic acids is 1. The van der Waals surface area contributed by atoms with E-state index in [9.17, 15) is 4.79 Å². The highest BCUT2D eigenvalue weighted by atomic mass is 32.2. The highest BCUT2D eigenvalue weighted by Gasteiger charge is 2.27. The summed E-state index contributed by atoms with van der Waals surface area (Å²) >= 11 is 1.64. The van der Waals surface area contributed by atoms with E-state index in [0.29, 0.717) is 0 Å². The molecule has 0 saturated heterocycles. The molecule has 1 atom stereocenters. The van der Waals surface area contributed by atoms with E-state index in [1.165, 1.54) is 10.5 Å². The molecule has 0 fully saturated rings. The van der Waals surface area contributed by atoms with Gasteiger partial charge in [0.2, 0.25) is 5.91 Å². The zero-order valence-electron chi connectivity index (χ0n) is 12.3. The highest BCUT2D eigenvalue weighted by Crippen LogP contribution is 2.37. The number of hydrogen-bond acceptors (Lipinski definition) is 3. The Hall–Kier alpha value is -2.53. The molecule has 0 radical (unpaired) electrons. The van der Waals surface area contributed by atoms with E-state index in [-0.39, 0.29) is 11.2 Å². The highest BCUT2D eigenvalue weighted by molar-refractivity contribution is 8.01. The van der Waals surface area contributed by atoms with Crippen LogP contribution in [0.4, 0.5) is 5.69 Å².